The third-order valence-electron chi connectivity index (χ3n) is 4.90. The van der Waals surface area contributed by atoms with Crippen LogP contribution in [0.2, 0.25) is 0 Å². The largest absolute Gasteiger partial charge is 0.343 e. The molecular weight excluding hydrogens is 372 g/mol. The molecule has 3 fully saturated rings. The standard InChI is InChI=1S/C19H26O7S/c1-18(2)23-14-13(11-27(20,21)10-12-8-6-5-7-9-12)22-17-16(15(14)24-18)25-19(3,4)26-17/h5-9,13-17H,10-11H2,1-4H3/t13-,14+,15+,16-,17-/m1/s1. The van der Waals surface area contributed by atoms with Crippen LogP contribution in [0.4, 0.5) is 0 Å². The molecule has 0 saturated carbocycles. The van der Waals surface area contributed by atoms with Crippen molar-refractivity contribution in [2.75, 3.05) is 5.75 Å². The van der Waals surface area contributed by atoms with Crippen LogP contribution < -0.4 is 0 Å². The molecule has 0 bridgehead atoms. The topological polar surface area (TPSA) is 80.3 Å². The summed E-state index contributed by atoms with van der Waals surface area (Å²) < 4.78 is 55.3. The average Bonchev–Trinajstić information content (AvgIpc) is 3.02. The van der Waals surface area contributed by atoms with Gasteiger partial charge in [-0.25, -0.2) is 8.42 Å². The van der Waals surface area contributed by atoms with E-state index in [1.165, 1.54) is 0 Å². The summed E-state index contributed by atoms with van der Waals surface area (Å²) in [6, 6.07) is 9.10. The Hall–Kier alpha value is -1.03. The van der Waals surface area contributed by atoms with Crippen LogP contribution in [0.25, 0.3) is 0 Å². The normalized spacial score (nSPS) is 37.0. The highest BCUT2D eigenvalue weighted by molar-refractivity contribution is 7.90. The van der Waals surface area contributed by atoms with E-state index in [1.54, 1.807) is 39.8 Å². The highest BCUT2D eigenvalue weighted by Gasteiger charge is 2.61. The van der Waals surface area contributed by atoms with E-state index in [1.807, 2.05) is 18.2 Å². The summed E-state index contributed by atoms with van der Waals surface area (Å²) in [6.07, 6.45) is -2.82. The van der Waals surface area contributed by atoms with Gasteiger partial charge in [0.15, 0.2) is 27.7 Å². The van der Waals surface area contributed by atoms with Crippen LogP contribution in [0.1, 0.15) is 33.3 Å². The van der Waals surface area contributed by atoms with Crippen molar-refractivity contribution in [3.63, 3.8) is 0 Å². The second kappa shape index (κ2) is 6.50. The highest BCUT2D eigenvalue weighted by atomic mass is 32.2. The van der Waals surface area contributed by atoms with E-state index in [9.17, 15) is 8.42 Å². The molecule has 0 radical (unpaired) electrons. The fourth-order valence-electron chi connectivity index (χ4n) is 3.96. The van der Waals surface area contributed by atoms with Crippen molar-refractivity contribution >= 4 is 9.84 Å². The zero-order chi connectivity index (χ0) is 19.4. The van der Waals surface area contributed by atoms with Crippen LogP contribution in [0.5, 0.6) is 0 Å². The summed E-state index contributed by atoms with van der Waals surface area (Å²) in [5, 5.41) is 0. The fraction of sp³-hybridized carbons (Fsp3) is 0.684. The Bertz CT molecular complexity index is 790. The Morgan fingerprint density at radius 2 is 1.44 bits per heavy atom. The number of benzene rings is 1. The lowest BCUT2D eigenvalue weighted by Gasteiger charge is -2.37. The zero-order valence-corrected chi connectivity index (χ0v) is 16.8. The van der Waals surface area contributed by atoms with Gasteiger partial charge in [0.1, 0.15) is 24.4 Å². The van der Waals surface area contributed by atoms with Gasteiger partial charge < -0.3 is 23.7 Å². The third kappa shape index (κ3) is 4.06. The Kier molecular flexibility index (Phi) is 4.65. The summed E-state index contributed by atoms with van der Waals surface area (Å²) in [5.41, 5.74) is 0.744. The van der Waals surface area contributed by atoms with Gasteiger partial charge in [0.05, 0.1) is 11.5 Å². The van der Waals surface area contributed by atoms with Crippen LogP contribution in [0.3, 0.4) is 0 Å². The van der Waals surface area contributed by atoms with Crippen molar-refractivity contribution in [3.8, 4) is 0 Å². The van der Waals surface area contributed by atoms with Crippen LogP contribution >= 0.6 is 0 Å². The highest BCUT2D eigenvalue weighted by Crippen LogP contribution is 2.44. The summed E-state index contributed by atoms with van der Waals surface area (Å²) in [6.45, 7) is 7.20. The number of sulfone groups is 1. The summed E-state index contributed by atoms with van der Waals surface area (Å²) in [7, 11) is -3.42. The third-order valence-corrected chi connectivity index (χ3v) is 6.51. The first-order chi connectivity index (χ1) is 12.5. The predicted molar refractivity (Wildman–Crippen MR) is 96.5 cm³/mol. The van der Waals surface area contributed by atoms with Gasteiger partial charge in [0.25, 0.3) is 0 Å². The maximum atomic E-state index is 12.8. The van der Waals surface area contributed by atoms with Crippen molar-refractivity contribution in [2.45, 2.75) is 75.7 Å². The molecule has 0 N–H and O–H groups in total. The Balaban J connectivity index is 1.55. The van der Waals surface area contributed by atoms with E-state index in [4.69, 9.17) is 23.7 Å². The summed E-state index contributed by atoms with van der Waals surface area (Å²) in [5.74, 6) is -1.89. The first kappa shape index (κ1) is 19.3. The maximum Gasteiger partial charge on any atom is 0.190 e. The second-order valence-electron chi connectivity index (χ2n) is 8.25. The van der Waals surface area contributed by atoms with Crippen molar-refractivity contribution in [3.05, 3.63) is 35.9 Å². The molecule has 1 aromatic rings. The van der Waals surface area contributed by atoms with Crippen molar-refractivity contribution in [2.24, 2.45) is 0 Å². The molecular formula is C19H26O7S. The van der Waals surface area contributed by atoms with Gasteiger partial charge in [-0.3, -0.25) is 0 Å². The summed E-state index contributed by atoms with van der Waals surface area (Å²) >= 11 is 0. The Morgan fingerprint density at radius 3 is 2.15 bits per heavy atom. The number of fused-ring (bicyclic) bond motifs is 3. The quantitative estimate of drug-likeness (QED) is 0.767. The van der Waals surface area contributed by atoms with Gasteiger partial charge in [-0.1, -0.05) is 30.3 Å². The lowest BCUT2D eigenvalue weighted by Crippen LogP contribution is -2.56. The van der Waals surface area contributed by atoms with Gasteiger partial charge in [-0.2, -0.15) is 0 Å². The molecule has 0 aliphatic carbocycles. The molecule has 1 aromatic carbocycles. The molecule has 8 heteroatoms. The van der Waals surface area contributed by atoms with Crippen LogP contribution in [0.15, 0.2) is 30.3 Å². The molecule has 0 spiro atoms. The molecule has 3 aliphatic rings. The second-order valence-corrected chi connectivity index (χ2v) is 10.4. The molecule has 0 amide bonds. The number of hydrogen-bond acceptors (Lipinski definition) is 7. The van der Waals surface area contributed by atoms with Gasteiger partial charge in [0, 0.05) is 0 Å². The Labute approximate surface area is 159 Å². The Morgan fingerprint density at radius 1 is 0.852 bits per heavy atom. The average molecular weight is 398 g/mol. The maximum absolute atomic E-state index is 12.8. The van der Waals surface area contributed by atoms with Crippen LogP contribution in [-0.4, -0.2) is 56.5 Å². The minimum atomic E-state index is -3.42. The molecule has 150 valence electrons. The molecule has 27 heavy (non-hydrogen) atoms. The van der Waals surface area contributed by atoms with Crippen LogP contribution in [-0.2, 0) is 39.3 Å². The number of hydrogen-bond donors (Lipinski definition) is 0. The van der Waals surface area contributed by atoms with Crippen molar-refractivity contribution in [1.29, 1.82) is 0 Å². The molecule has 3 heterocycles. The molecule has 0 unspecified atom stereocenters. The lowest BCUT2D eigenvalue weighted by atomic mass is 10.00. The van der Waals surface area contributed by atoms with E-state index in [-0.39, 0.29) is 11.5 Å². The lowest BCUT2D eigenvalue weighted by molar-refractivity contribution is -0.228. The van der Waals surface area contributed by atoms with Gasteiger partial charge in [0.2, 0.25) is 0 Å². The molecule has 7 nitrogen and oxygen atoms in total. The fourth-order valence-corrected chi connectivity index (χ4v) is 5.55. The minimum absolute atomic E-state index is 0.0493. The van der Waals surface area contributed by atoms with E-state index in [0.29, 0.717) is 0 Å². The first-order valence-electron chi connectivity index (χ1n) is 9.15. The molecule has 3 aliphatic heterocycles. The molecule has 4 rings (SSSR count). The monoisotopic (exact) mass is 398 g/mol. The van der Waals surface area contributed by atoms with E-state index in [0.717, 1.165) is 5.56 Å². The smallest absolute Gasteiger partial charge is 0.190 e. The molecule has 5 atom stereocenters. The van der Waals surface area contributed by atoms with E-state index in [2.05, 4.69) is 0 Å². The minimum Gasteiger partial charge on any atom is -0.343 e. The number of rotatable bonds is 4. The van der Waals surface area contributed by atoms with E-state index < -0.39 is 52.1 Å². The SMILES string of the molecule is CC1(C)O[C@H]2[C@@H](O1)[C@@H](CS(=O)(=O)Cc1ccccc1)O[C@@H]1OC(C)(C)O[C@@H]12. The van der Waals surface area contributed by atoms with E-state index >= 15 is 0 Å². The molecule has 0 aromatic heterocycles. The van der Waals surface area contributed by atoms with Crippen molar-refractivity contribution < 1.29 is 32.1 Å². The summed E-state index contributed by atoms with van der Waals surface area (Å²) in [4.78, 5) is 0. The predicted octanol–water partition coefficient (Wildman–Crippen LogP) is 2.00. The number of ether oxygens (including phenoxy) is 5. The van der Waals surface area contributed by atoms with Crippen LogP contribution in [0, 0.1) is 0 Å². The van der Waals surface area contributed by atoms with Gasteiger partial charge in [-0.15, -0.1) is 0 Å². The molecule has 3 saturated heterocycles. The van der Waals surface area contributed by atoms with Gasteiger partial charge in [-0.05, 0) is 33.3 Å². The van der Waals surface area contributed by atoms with Gasteiger partial charge >= 0.3 is 0 Å². The zero-order valence-electron chi connectivity index (χ0n) is 16.0. The first-order valence-corrected chi connectivity index (χ1v) is 11.0. The van der Waals surface area contributed by atoms with Crippen molar-refractivity contribution in [1.82, 2.24) is 0 Å².